The van der Waals surface area contributed by atoms with E-state index in [1.54, 1.807) is 6.92 Å². The number of amides is 1. The second kappa shape index (κ2) is 6.49. The van der Waals surface area contributed by atoms with Crippen LogP contribution in [0.1, 0.15) is 39.7 Å². The molecule has 1 amide bonds. The molecule has 0 bridgehead atoms. The van der Waals surface area contributed by atoms with E-state index in [0.717, 1.165) is 29.7 Å². The molecular formula is C20H19FN2O3S. The number of H-pyrrole nitrogens is 1. The van der Waals surface area contributed by atoms with Crippen LogP contribution in [0.25, 0.3) is 10.2 Å². The molecule has 4 rings (SSSR count). The smallest absolute Gasteiger partial charge is 0.265 e. The summed E-state index contributed by atoms with van der Waals surface area (Å²) in [4.78, 5) is 29.6. The molecular weight excluding hydrogens is 367 g/mol. The maximum atomic E-state index is 13.4. The van der Waals surface area contributed by atoms with Crippen LogP contribution in [0.2, 0.25) is 0 Å². The van der Waals surface area contributed by atoms with Crippen molar-refractivity contribution < 1.29 is 14.3 Å². The fourth-order valence-electron chi connectivity index (χ4n) is 3.61. The van der Waals surface area contributed by atoms with Gasteiger partial charge >= 0.3 is 0 Å². The minimum Gasteiger partial charge on any atom is -0.506 e. The summed E-state index contributed by atoms with van der Waals surface area (Å²) in [6.45, 7) is 3.76. The van der Waals surface area contributed by atoms with E-state index in [2.05, 4.69) is 17.2 Å². The molecule has 0 aliphatic heterocycles. The van der Waals surface area contributed by atoms with Crippen molar-refractivity contribution in [3.05, 3.63) is 55.9 Å². The lowest BCUT2D eigenvalue weighted by Crippen LogP contribution is -2.23. The number of thiophene rings is 1. The molecule has 2 heterocycles. The number of hydrogen-bond acceptors (Lipinski definition) is 4. The van der Waals surface area contributed by atoms with Crippen molar-refractivity contribution in [2.75, 3.05) is 5.32 Å². The zero-order valence-electron chi connectivity index (χ0n) is 15.0. The third-order valence-corrected chi connectivity index (χ3v) is 6.25. The zero-order chi connectivity index (χ0) is 19.3. The fourth-order valence-corrected chi connectivity index (χ4v) is 5.02. The van der Waals surface area contributed by atoms with Gasteiger partial charge in [-0.2, -0.15) is 0 Å². The average Bonchev–Trinajstić information content (AvgIpc) is 2.95. The van der Waals surface area contributed by atoms with Crippen molar-refractivity contribution in [3.8, 4) is 5.75 Å². The van der Waals surface area contributed by atoms with E-state index in [1.165, 1.54) is 29.5 Å². The molecule has 0 spiro atoms. The first-order valence-corrected chi connectivity index (χ1v) is 9.63. The van der Waals surface area contributed by atoms with Crippen molar-refractivity contribution in [2.24, 2.45) is 5.92 Å². The van der Waals surface area contributed by atoms with E-state index >= 15 is 0 Å². The highest BCUT2D eigenvalue weighted by atomic mass is 32.1. The number of halogens is 1. The summed E-state index contributed by atoms with van der Waals surface area (Å²) in [5.74, 6) is -0.818. The van der Waals surface area contributed by atoms with Gasteiger partial charge < -0.3 is 15.4 Å². The van der Waals surface area contributed by atoms with Crippen molar-refractivity contribution in [3.63, 3.8) is 0 Å². The van der Waals surface area contributed by atoms with Gasteiger partial charge in [-0.25, -0.2) is 4.39 Å². The molecule has 0 radical (unpaired) electrons. The van der Waals surface area contributed by atoms with Crippen LogP contribution in [0.4, 0.5) is 10.1 Å². The number of rotatable bonds is 2. The Morgan fingerprint density at radius 1 is 1.41 bits per heavy atom. The highest BCUT2D eigenvalue weighted by molar-refractivity contribution is 7.18. The van der Waals surface area contributed by atoms with Crippen LogP contribution in [0, 0.1) is 18.7 Å². The molecule has 1 aliphatic rings. The van der Waals surface area contributed by atoms with Gasteiger partial charge in [0.25, 0.3) is 11.5 Å². The molecule has 140 valence electrons. The molecule has 7 heteroatoms. The van der Waals surface area contributed by atoms with Gasteiger partial charge in [-0.15, -0.1) is 11.3 Å². The maximum Gasteiger partial charge on any atom is 0.265 e. The summed E-state index contributed by atoms with van der Waals surface area (Å²) in [6, 6.07) is 4.14. The van der Waals surface area contributed by atoms with Crippen LogP contribution in [0.15, 0.2) is 23.0 Å². The van der Waals surface area contributed by atoms with Crippen molar-refractivity contribution in [2.45, 2.75) is 33.1 Å². The van der Waals surface area contributed by atoms with E-state index in [9.17, 15) is 19.1 Å². The van der Waals surface area contributed by atoms with Crippen LogP contribution in [0.5, 0.6) is 5.75 Å². The van der Waals surface area contributed by atoms with E-state index in [1.807, 2.05) is 0 Å². The molecule has 1 aliphatic carbocycles. The van der Waals surface area contributed by atoms with Crippen LogP contribution >= 0.6 is 11.3 Å². The summed E-state index contributed by atoms with van der Waals surface area (Å²) >= 11 is 1.47. The van der Waals surface area contributed by atoms with Crippen LogP contribution in [-0.2, 0) is 12.8 Å². The Balaban J connectivity index is 1.78. The molecule has 0 saturated heterocycles. The summed E-state index contributed by atoms with van der Waals surface area (Å²) < 4.78 is 13.4. The van der Waals surface area contributed by atoms with E-state index in [0.29, 0.717) is 27.4 Å². The van der Waals surface area contributed by atoms with Crippen LogP contribution in [0.3, 0.4) is 0 Å². The number of anilines is 1. The minimum absolute atomic E-state index is 0.280. The van der Waals surface area contributed by atoms with Gasteiger partial charge in [-0.3, -0.25) is 9.59 Å². The van der Waals surface area contributed by atoms with Gasteiger partial charge in [0.15, 0.2) is 0 Å². The lowest BCUT2D eigenvalue weighted by molar-refractivity contribution is 0.102. The third-order valence-electron chi connectivity index (χ3n) is 5.08. The number of carbonyl (C=O) groups excluding carboxylic acids is 1. The monoisotopic (exact) mass is 386 g/mol. The summed E-state index contributed by atoms with van der Waals surface area (Å²) in [6.07, 6.45) is 2.73. The number of aromatic hydroxyl groups is 1. The van der Waals surface area contributed by atoms with Crippen molar-refractivity contribution in [1.82, 2.24) is 4.98 Å². The second-order valence-electron chi connectivity index (χ2n) is 7.15. The first-order valence-electron chi connectivity index (χ1n) is 8.82. The summed E-state index contributed by atoms with van der Waals surface area (Å²) in [5, 5.41) is 13.9. The predicted molar refractivity (Wildman–Crippen MR) is 104 cm³/mol. The Hall–Kier alpha value is -2.67. The number of hydrogen-bond donors (Lipinski definition) is 3. The number of aromatic amines is 1. The molecule has 0 unspecified atom stereocenters. The molecule has 27 heavy (non-hydrogen) atoms. The number of aromatic nitrogens is 1. The zero-order valence-corrected chi connectivity index (χ0v) is 15.8. The minimum atomic E-state index is -0.717. The highest BCUT2D eigenvalue weighted by Gasteiger charge is 2.27. The molecule has 1 atom stereocenters. The Morgan fingerprint density at radius 3 is 2.93 bits per heavy atom. The first-order chi connectivity index (χ1) is 12.8. The van der Waals surface area contributed by atoms with E-state index < -0.39 is 11.5 Å². The van der Waals surface area contributed by atoms with Gasteiger partial charge in [-0.1, -0.05) is 6.92 Å². The third kappa shape index (κ3) is 3.02. The van der Waals surface area contributed by atoms with Gasteiger partial charge in [-0.05, 0) is 61.4 Å². The second-order valence-corrected chi connectivity index (χ2v) is 8.26. The quantitative estimate of drug-likeness (QED) is 0.620. The van der Waals surface area contributed by atoms with Crippen LogP contribution < -0.4 is 10.9 Å². The molecule has 5 nitrogen and oxygen atoms in total. The summed E-state index contributed by atoms with van der Waals surface area (Å²) in [7, 11) is 0. The van der Waals surface area contributed by atoms with Crippen molar-refractivity contribution in [1.29, 1.82) is 0 Å². The highest BCUT2D eigenvalue weighted by Crippen LogP contribution is 2.41. The Morgan fingerprint density at radius 2 is 2.19 bits per heavy atom. The molecule has 3 aromatic rings. The molecule has 2 aromatic heterocycles. The number of fused-ring (bicyclic) bond motifs is 3. The predicted octanol–water partition coefficient (Wildman–Crippen LogP) is 4.12. The summed E-state index contributed by atoms with van der Waals surface area (Å²) in [5.41, 5.74) is 0.807. The largest absolute Gasteiger partial charge is 0.506 e. The Bertz CT molecular complexity index is 1130. The average molecular weight is 386 g/mol. The number of aryl methyl sites for hydroxylation is 2. The van der Waals surface area contributed by atoms with Gasteiger partial charge in [0.05, 0.1) is 5.39 Å². The van der Waals surface area contributed by atoms with E-state index in [4.69, 9.17) is 0 Å². The Labute approximate surface area is 158 Å². The Kier molecular flexibility index (Phi) is 4.26. The van der Waals surface area contributed by atoms with Crippen LogP contribution in [-0.4, -0.2) is 16.0 Å². The molecule has 0 fully saturated rings. The number of carbonyl (C=O) groups is 1. The molecule has 1 aromatic carbocycles. The standard InChI is InChI=1S/C20H19FN2O3S/c1-9-3-5-12-14(7-9)27-20-15(12)17(24)16(19(26)23-20)18(25)22-11-4-6-13(21)10(2)8-11/h4,6,8-9H,3,5,7H2,1-2H3,(H,22,25)(H2,23,24,26)/t9-/m1/s1. The molecule has 0 saturated carbocycles. The van der Waals surface area contributed by atoms with Gasteiger partial charge in [0, 0.05) is 10.6 Å². The SMILES string of the molecule is Cc1cc(NC(=O)c2c(O)c3c4c(sc3[nH]c2=O)C[C@H](C)CC4)ccc1F. The lowest BCUT2D eigenvalue weighted by atomic mass is 9.89. The molecule has 3 N–H and O–H groups in total. The first kappa shape index (κ1) is 17.7. The lowest BCUT2D eigenvalue weighted by Gasteiger charge is -2.18. The maximum absolute atomic E-state index is 13.4. The van der Waals surface area contributed by atoms with E-state index in [-0.39, 0.29) is 17.1 Å². The number of pyridine rings is 1. The van der Waals surface area contributed by atoms with Gasteiger partial charge in [0.1, 0.15) is 22.0 Å². The normalized spacial score (nSPS) is 16.3. The topological polar surface area (TPSA) is 82.2 Å². The number of benzene rings is 1. The van der Waals surface area contributed by atoms with Gasteiger partial charge in [0.2, 0.25) is 0 Å². The fraction of sp³-hybridized carbons (Fsp3) is 0.300. The number of nitrogens with one attached hydrogen (secondary N) is 2. The van der Waals surface area contributed by atoms with Crippen molar-refractivity contribution >= 4 is 33.1 Å².